The van der Waals surface area contributed by atoms with Crippen molar-refractivity contribution >= 4 is 0 Å². The molecule has 3 nitrogen and oxygen atoms in total. The van der Waals surface area contributed by atoms with Gasteiger partial charge in [-0.15, -0.1) is 0 Å². The van der Waals surface area contributed by atoms with Crippen LogP contribution in [-0.4, -0.2) is 37.2 Å². The minimum Gasteiger partial charge on any atom is -0.497 e. The van der Waals surface area contributed by atoms with Crippen molar-refractivity contribution < 1.29 is 13.5 Å². The zero-order valence-electron chi connectivity index (χ0n) is 16.8. The van der Waals surface area contributed by atoms with Crippen LogP contribution < -0.4 is 10.1 Å². The molecule has 154 valence electrons. The molecule has 3 aromatic carbocycles. The molecular weight excluding hydrogens is 382 g/mol. The van der Waals surface area contributed by atoms with E-state index in [0.717, 1.165) is 24.4 Å². The van der Waals surface area contributed by atoms with Gasteiger partial charge in [0.15, 0.2) is 0 Å². The second kappa shape index (κ2) is 7.82. The van der Waals surface area contributed by atoms with Crippen LogP contribution in [0.3, 0.4) is 0 Å². The van der Waals surface area contributed by atoms with E-state index in [-0.39, 0.29) is 11.6 Å². The summed E-state index contributed by atoms with van der Waals surface area (Å²) in [7, 11) is 1.67. The Morgan fingerprint density at radius 1 is 0.900 bits per heavy atom. The Morgan fingerprint density at radius 2 is 1.53 bits per heavy atom. The number of methoxy groups -OCH3 is 1. The van der Waals surface area contributed by atoms with Crippen LogP contribution in [0, 0.1) is 11.6 Å². The second-order valence-electron chi connectivity index (χ2n) is 8.08. The fourth-order valence-corrected chi connectivity index (χ4v) is 4.90. The molecule has 0 aromatic heterocycles. The lowest BCUT2D eigenvalue weighted by atomic mass is 9.72. The van der Waals surface area contributed by atoms with Gasteiger partial charge in [-0.1, -0.05) is 36.4 Å². The van der Waals surface area contributed by atoms with Crippen LogP contribution in [0.2, 0.25) is 0 Å². The molecule has 5 heteroatoms. The Kier molecular flexibility index (Phi) is 5.01. The summed E-state index contributed by atoms with van der Waals surface area (Å²) in [5, 5.41) is 3.45. The van der Waals surface area contributed by atoms with Crippen LogP contribution in [0.4, 0.5) is 8.78 Å². The van der Waals surface area contributed by atoms with E-state index < -0.39 is 0 Å². The topological polar surface area (TPSA) is 24.5 Å². The fourth-order valence-electron chi connectivity index (χ4n) is 4.90. The molecular formula is C25H24F2N2O. The molecule has 0 spiro atoms. The van der Waals surface area contributed by atoms with Gasteiger partial charge < -0.3 is 10.1 Å². The Balaban J connectivity index is 1.33. The van der Waals surface area contributed by atoms with Crippen LogP contribution in [-0.2, 0) is 6.54 Å². The van der Waals surface area contributed by atoms with Crippen molar-refractivity contribution in [1.82, 2.24) is 10.2 Å². The maximum atomic E-state index is 14.1. The summed E-state index contributed by atoms with van der Waals surface area (Å²) in [4.78, 5) is 2.30. The largest absolute Gasteiger partial charge is 0.497 e. The minimum atomic E-state index is -0.388. The predicted molar refractivity (Wildman–Crippen MR) is 114 cm³/mol. The number of rotatable bonds is 5. The molecule has 30 heavy (non-hydrogen) atoms. The first-order valence-corrected chi connectivity index (χ1v) is 10.3. The lowest BCUT2D eigenvalue weighted by Crippen LogP contribution is -2.72. The number of likely N-dealkylation sites (tertiary alicyclic amines) is 1. The molecule has 2 bridgehead atoms. The average Bonchev–Trinajstić information content (AvgIpc) is 2.80. The SMILES string of the molecule is COc1ccc(-c2ccc(C3[C@H]4CNC[C@@H]3N4Cc3cc(F)ccc3F)cc2)cc1. The molecule has 2 fully saturated rings. The highest BCUT2D eigenvalue weighted by molar-refractivity contribution is 5.64. The van der Waals surface area contributed by atoms with Crippen LogP contribution in [0.5, 0.6) is 5.75 Å². The Hall–Kier alpha value is -2.76. The molecule has 1 unspecified atom stereocenters. The van der Waals surface area contributed by atoms with Gasteiger partial charge in [0.05, 0.1) is 7.11 Å². The summed E-state index contributed by atoms with van der Waals surface area (Å²) in [5.74, 6) is 0.531. The lowest BCUT2D eigenvalue weighted by molar-refractivity contribution is -0.0490. The van der Waals surface area contributed by atoms with Crippen LogP contribution in [0.25, 0.3) is 11.1 Å². The van der Waals surface area contributed by atoms with Gasteiger partial charge in [-0.3, -0.25) is 4.90 Å². The first-order valence-electron chi connectivity index (χ1n) is 10.3. The number of nitrogens with one attached hydrogen (secondary N) is 1. The molecule has 2 aliphatic rings. The lowest BCUT2D eigenvalue weighted by Gasteiger charge is -2.59. The first kappa shape index (κ1) is 19.2. The van der Waals surface area contributed by atoms with Gasteiger partial charge in [-0.25, -0.2) is 8.78 Å². The minimum absolute atomic E-state index is 0.290. The molecule has 2 saturated heterocycles. The number of piperidine rings is 1. The number of benzene rings is 3. The van der Waals surface area contributed by atoms with Gasteiger partial charge in [0, 0.05) is 43.2 Å². The van der Waals surface area contributed by atoms with Gasteiger partial charge in [-0.2, -0.15) is 0 Å². The van der Waals surface area contributed by atoms with Gasteiger partial charge in [0.2, 0.25) is 0 Å². The van der Waals surface area contributed by atoms with Gasteiger partial charge in [0.25, 0.3) is 0 Å². The van der Waals surface area contributed by atoms with E-state index in [1.807, 2.05) is 12.1 Å². The summed E-state index contributed by atoms with van der Waals surface area (Å²) in [6.45, 7) is 2.16. The average molecular weight is 406 g/mol. The zero-order chi connectivity index (χ0) is 20.7. The van der Waals surface area contributed by atoms with Gasteiger partial charge in [-0.05, 0) is 47.0 Å². The molecule has 0 radical (unpaired) electrons. The highest BCUT2D eigenvalue weighted by atomic mass is 19.1. The maximum Gasteiger partial charge on any atom is 0.127 e. The summed E-state index contributed by atoms with van der Waals surface area (Å²) in [6.07, 6.45) is 0. The van der Waals surface area contributed by atoms with Gasteiger partial charge in [0.1, 0.15) is 17.4 Å². The Bertz CT molecular complexity index is 1020. The van der Waals surface area contributed by atoms with E-state index in [0.29, 0.717) is 30.1 Å². The number of fused-ring (bicyclic) bond motifs is 2. The Labute approximate surface area is 175 Å². The molecule has 0 aliphatic carbocycles. The fraction of sp³-hybridized carbons (Fsp3) is 0.280. The molecule has 0 saturated carbocycles. The molecule has 2 heterocycles. The van der Waals surface area contributed by atoms with Crippen molar-refractivity contribution in [2.24, 2.45) is 0 Å². The maximum absolute atomic E-state index is 14.1. The smallest absolute Gasteiger partial charge is 0.127 e. The molecule has 5 rings (SSSR count). The quantitative estimate of drug-likeness (QED) is 0.671. The van der Waals surface area contributed by atoms with E-state index in [4.69, 9.17) is 4.74 Å². The summed E-state index contributed by atoms with van der Waals surface area (Å²) < 4.78 is 32.9. The summed E-state index contributed by atoms with van der Waals surface area (Å²) in [5.41, 5.74) is 4.06. The van der Waals surface area contributed by atoms with Crippen molar-refractivity contribution in [3.63, 3.8) is 0 Å². The number of hydrogen-bond acceptors (Lipinski definition) is 3. The molecule has 0 amide bonds. The van der Waals surface area contributed by atoms with Crippen molar-refractivity contribution in [2.45, 2.75) is 24.5 Å². The number of piperazine rings is 1. The number of nitrogens with zero attached hydrogens (tertiary/aromatic N) is 1. The van der Waals surface area contributed by atoms with Crippen LogP contribution in [0.1, 0.15) is 17.0 Å². The standard InChI is InChI=1S/C25H24F2N2O/c1-30-21-9-6-17(7-10-21)16-2-4-18(5-3-16)25-23-13-28-14-24(25)29(23)15-19-12-20(26)8-11-22(19)27/h2-12,23-25,28H,13-15H2,1H3/t23-,24+,25?. The molecule has 3 aromatic rings. The highest BCUT2D eigenvalue weighted by Gasteiger charge is 2.51. The predicted octanol–water partition coefficient (Wildman–Crippen LogP) is 4.58. The summed E-state index contributed by atoms with van der Waals surface area (Å²) in [6, 6.07) is 21.1. The molecule has 3 atom stereocenters. The third-order valence-electron chi connectivity index (χ3n) is 6.47. The van der Waals surface area contributed by atoms with Gasteiger partial charge >= 0.3 is 0 Å². The second-order valence-corrected chi connectivity index (χ2v) is 8.08. The third kappa shape index (κ3) is 3.38. The van der Waals surface area contributed by atoms with E-state index >= 15 is 0 Å². The van der Waals surface area contributed by atoms with Crippen molar-refractivity contribution in [3.8, 4) is 16.9 Å². The van der Waals surface area contributed by atoms with Crippen molar-refractivity contribution in [2.75, 3.05) is 20.2 Å². The molecule has 2 aliphatic heterocycles. The highest BCUT2D eigenvalue weighted by Crippen LogP contribution is 2.44. The van der Waals surface area contributed by atoms with E-state index in [2.05, 4.69) is 46.6 Å². The number of halogens is 2. The van der Waals surface area contributed by atoms with Crippen LogP contribution >= 0.6 is 0 Å². The van der Waals surface area contributed by atoms with Crippen molar-refractivity contribution in [3.05, 3.63) is 89.5 Å². The first-order chi connectivity index (χ1) is 14.6. The van der Waals surface area contributed by atoms with E-state index in [1.165, 1.54) is 29.3 Å². The normalized spacial score (nSPS) is 23.1. The van der Waals surface area contributed by atoms with E-state index in [1.54, 1.807) is 7.11 Å². The van der Waals surface area contributed by atoms with E-state index in [9.17, 15) is 8.78 Å². The summed E-state index contributed by atoms with van der Waals surface area (Å²) >= 11 is 0. The Morgan fingerprint density at radius 3 is 2.17 bits per heavy atom. The monoisotopic (exact) mass is 406 g/mol. The zero-order valence-corrected chi connectivity index (χ0v) is 16.8. The number of hydrogen-bond donors (Lipinski definition) is 1. The van der Waals surface area contributed by atoms with Crippen molar-refractivity contribution in [1.29, 1.82) is 0 Å². The number of ether oxygens (including phenoxy) is 1. The van der Waals surface area contributed by atoms with Crippen LogP contribution in [0.15, 0.2) is 66.7 Å². The third-order valence-corrected chi connectivity index (χ3v) is 6.47. The molecule has 1 N–H and O–H groups in total.